The van der Waals surface area contributed by atoms with Crippen LogP contribution >= 0.6 is 0 Å². The summed E-state index contributed by atoms with van der Waals surface area (Å²) in [5, 5.41) is 3.58. The molecule has 1 aromatic rings. The normalized spacial score (nSPS) is 21.2. The summed E-state index contributed by atoms with van der Waals surface area (Å²) in [7, 11) is -1.84. The second-order valence-corrected chi connectivity index (χ2v) is 7.01. The van der Waals surface area contributed by atoms with E-state index < -0.39 is 10.0 Å². The van der Waals surface area contributed by atoms with Crippen molar-refractivity contribution in [1.82, 2.24) is 9.46 Å². The lowest BCUT2D eigenvalue weighted by Crippen LogP contribution is -2.43. The number of aryl methyl sites for hydroxylation is 1. The van der Waals surface area contributed by atoms with Crippen LogP contribution < -0.4 is 0 Å². The molecule has 0 amide bonds. The standard InChI is InChI=1S/C13H22N2O4S/c1-11-13(10-14-19-11)20(16,17)15-8-4-3-6-12(15)7-5-9-18-2/h10,12H,3-9H2,1-2H3/t12-/m0/s1. The van der Waals surface area contributed by atoms with Crippen LogP contribution in [0.25, 0.3) is 0 Å². The quantitative estimate of drug-likeness (QED) is 0.751. The zero-order valence-electron chi connectivity index (χ0n) is 12.0. The first kappa shape index (κ1) is 15.5. The molecule has 0 unspecified atom stereocenters. The molecule has 1 aliphatic rings. The van der Waals surface area contributed by atoms with E-state index in [1.807, 2.05) is 0 Å². The molecule has 0 spiro atoms. The fraction of sp³-hybridized carbons (Fsp3) is 0.769. The fourth-order valence-electron chi connectivity index (χ4n) is 2.71. The maximum absolute atomic E-state index is 12.7. The van der Waals surface area contributed by atoms with E-state index in [0.717, 1.165) is 32.1 Å². The summed E-state index contributed by atoms with van der Waals surface area (Å²) in [6.45, 7) is 2.87. The van der Waals surface area contributed by atoms with Crippen molar-refractivity contribution >= 4 is 10.0 Å². The first-order chi connectivity index (χ1) is 9.57. The molecule has 2 rings (SSSR count). The van der Waals surface area contributed by atoms with Crippen LogP contribution in [0.2, 0.25) is 0 Å². The van der Waals surface area contributed by atoms with Crippen LogP contribution in [0, 0.1) is 6.92 Å². The van der Waals surface area contributed by atoms with E-state index in [9.17, 15) is 8.42 Å². The van der Waals surface area contributed by atoms with Crippen molar-refractivity contribution in [3.8, 4) is 0 Å². The van der Waals surface area contributed by atoms with Crippen LogP contribution in [0.3, 0.4) is 0 Å². The van der Waals surface area contributed by atoms with Gasteiger partial charge < -0.3 is 9.26 Å². The Morgan fingerprint density at radius 3 is 2.95 bits per heavy atom. The third-order valence-electron chi connectivity index (χ3n) is 3.75. The highest BCUT2D eigenvalue weighted by Crippen LogP contribution is 2.28. The molecule has 0 aromatic carbocycles. The number of methoxy groups -OCH3 is 1. The summed E-state index contributed by atoms with van der Waals surface area (Å²) >= 11 is 0. The van der Waals surface area contributed by atoms with Crippen LogP contribution in [-0.2, 0) is 14.8 Å². The lowest BCUT2D eigenvalue weighted by atomic mass is 10.0. The second kappa shape index (κ2) is 6.69. The predicted octanol–water partition coefficient (Wildman–Crippen LogP) is 1.95. The molecular weight excluding hydrogens is 280 g/mol. The van der Waals surface area contributed by atoms with Crippen molar-refractivity contribution in [2.45, 2.75) is 50.0 Å². The number of hydrogen-bond acceptors (Lipinski definition) is 5. The third kappa shape index (κ3) is 3.21. The predicted molar refractivity (Wildman–Crippen MR) is 73.9 cm³/mol. The van der Waals surface area contributed by atoms with Crippen molar-refractivity contribution in [1.29, 1.82) is 0 Å². The van der Waals surface area contributed by atoms with Gasteiger partial charge in [-0.05, 0) is 32.6 Å². The highest BCUT2D eigenvalue weighted by Gasteiger charge is 2.35. The van der Waals surface area contributed by atoms with E-state index in [1.165, 1.54) is 6.20 Å². The van der Waals surface area contributed by atoms with Gasteiger partial charge in [-0.3, -0.25) is 0 Å². The number of hydrogen-bond donors (Lipinski definition) is 0. The summed E-state index contributed by atoms with van der Waals surface area (Å²) in [5.74, 6) is 0.353. The highest BCUT2D eigenvalue weighted by atomic mass is 32.2. The smallest absolute Gasteiger partial charge is 0.248 e. The molecule has 114 valence electrons. The number of rotatable bonds is 6. The topological polar surface area (TPSA) is 72.6 Å². The second-order valence-electron chi connectivity index (χ2n) is 5.15. The fourth-order valence-corrected chi connectivity index (χ4v) is 4.51. The largest absolute Gasteiger partial charge is 0.385 e. The van der Waals surface area contributed by atoms with Gasteiger partial charge in [-0.2, -0.15) is 4.31 Å². The van der Waals surface area contributed by atoms with Crippen molar-refractivity contribution in [3.63, 3.8) is 0 Å². The number of sulfonamides is 1. The van der Waals surface area contributed by atoms with Crippen molar-refractivity contribution in [2.75, 3.05) is 20.3 Å². The zero-order chi connectivity index (χ0) is 14.6. The molecule has 0 aliphatic carbocycles. The monoisotopic (exact) mass is 302 g/mol. The van der Waals surface area contributed by atoms with Gasteiger partial charge in [0.2, 0.25) is 10.0 Å². The molecule has 2 heterocycles. The minimum atomic E-state index is -3.50. The van der Waals surface area contributed by atoms with Gasteiger partial charge in [0, 0.05) is 26.3 Å². The van der Waals surface area contributed by atoms with Crippen LogP contribution in [-0.4, -0.2) is 44.2 Å². The minimum Gasteiger partial charge on any atom is -0.385 e. The van der Waals surface area contributed by atoms with E-state index in [-0.39, 0.29) is 10.9 Å². The van der Waals surface area contributed by atoms with E-state index in [2.05, 4.69) is 5.16 Å². The summed E-state index contributed by atoms with van der Waals surface area (Å²) in [6, 6.07) is 0.0539. The molecular formula is C13H22N2O4S. The Morgan fingerprint density at radius 2 is 2.30 bits per heavy atom. The van der Waals surface area contributed by atoms with Gasteiger partial charge in [-0.1, -0.05) is 11.6 Å². The molecule has 20 heavy (non-hydrogen) atoms. The van der Waals surface area contributed by atoms with Crippen molar-refractivity contribution in [3.05, 3.63) is 12.0 Å². The molecule has 1 saturated heterocycles. The van der Waals surface area contributed by atoms with Crippen LogP contribution in [0.15, 0.2) is 15.6 Å². The summed E-state index contributed by atoms with van der Waals surface area (Å²) in [6.07, 6.45) is 5.89. The molecule has 6 nitrogen and oxygen atoms in total. The summed E-state index contributed by atoms with van der Waals surface area (Å²) < 4.78 is 37.0. The maximum atomic E-state index is 12.7. The first-order valence-electron chi connectivity index (χ1n) is 6.99. The van der Waals surface area contributed by atoms with Gasteiger partial charge in [0.25, 0.3) is 0 Å². The zero-order valence-corrected chi connectivity index (χ0v) is 12.9. The average Bonchev–Trinajstić information content (AvgIpc) is 2.86. The van der Waals surface area contributed by atoms with Gasteiger partial charge >= 0.3 is 0 Å². The van der Waals surface area contributed by atoms with E-state index in [1.54, 1.807) is 18.3 Å². The first-order valence-corrected chi connectivity index (χ1v) is 8.43. The number of ether oxygens (including phenoxy) is 1. The maximum Gasteiger partial charge on any atom is 0.248 e. The van der Waals surface area contributed by atoms with Crippen molar-refractivity contribution in [2.24, 2.45) is 0 Å². The lowest BCUT2D eigenvalue weighted by molar-refractivity contribution is 0.172. The number of piperidine rings is 1. The summed E-state index contributed by atoms with van der Waals surface area (Å²) in [4.78, 5) is 0.191. The van der Waals surface area contributed by atoms with E-state index in [0.29, 0.717) is 18.9 Å². The van der Waals surface area contributed by atoms with Gasteiger partial charge in [0.05, 0.1) is 6.20 Å². The number of nitrogens with zero attached hydrogens (tertiary/aromatic N) is 2. The van der Waals surface area contributed by atoms with Crippen molar-refractivity contribution < 1.29 is 17.7 Å². The Labute approximate surface area is 120 Å². The molecule has 1 aliphatic heterocycles. The lowest BCUT2D eigenvalue weighted by Gasteiger charge is -2.34. The Morgan fingerprint density at radius 1 is 1.50 bits per heavy atom. The van der Waals surface area contributed by atoms with Gasteiger partial charge in [0.15, 0.2) is 5.76 Å². The Kier molecular flexibility index (Phi) is 5.17. The minimum absolute atomic E-state index is 0.0539. The molecule has 0 bridgehead atoms. The molecule has 0 N–H and O–H groups in total. The Hall–Kier alpha value is -0.920. The molecule has 1 fully saturated rings. The summed E-state index contributed by atoms with van der Waals surface area (Å²) in [5.41, 5.74) is 0. The molecule has 7 heteroatoms. The third-order valence-corrected chi connectivity index (χ3v) is 5.80. The highest BCUT2D eigenvalue weighted by molar-refractivity contribution is 7.89. The van der Waals surface area contributed by atoms with Crippen LogP contribution in [0.5, 0.6) is 0 Å². The van der Waals surface area contributed by atoms with Crippen LogP contribution in [0.4, 0.5) is 0 Å². The Bertz CT molecular complexity index is 526. The van der Waals surface area contributed by atoms with E-state index in [4.69, 9.17) is 9.26 Å². The molecule has 1 aromatic heterocycles. The Balaban J connectivity index is 2.17. The molecule has 0 saturated carbocycles. The molecule has 1 atom stereocenters. The van der Waals surface area contributed by atoms with Gasteiger partial charge in [0.1, 0.15) is 4.90 Å². The molecule has 0 radical (unpaired) electrons. The van der Waals surface area contributed by atoms with E-state index >= 15 is 0 Å². The van der Waals surface area contributed by atoms with Gasteiger partial charge in [-0.15, -0.1) is 0 Å². The van der Waals surface area contributed by atoms with Gasteiger partial charge in [-0.25, -0.2) is 8.42 Å². The number of aromatic nitrogens is 1. The van der Waals surface area contributed by atoms with Crippen LogP contribution in [0.1, 0.15) is 37.9 Å². The average molecular weight is 302 g/mol. The SMILES string of the molecule is COCCC[C@@H]1CCCCN1S(=O)(=O)c1cnoc1C.